The Morgan fingerprint density at radius 3 is 2.29 bits per heavy atom. The first-order valence-corrected chi connectivity index (χ1v) is 2.70. The highest BCUT2D eigenvalue weighted by molar-refractivity contribution is 7.84. The molecule has 0 aliphatic rings. The molecule has 7 heavy (non-hydrogen) atoms. The van der Waals surface area contributed by atoms with Crippen LogP contribution in [0.5, 0.6) is 0 Å². The molecule has 0 nitrogen and oxygen atoms in total. The van der Waals surface area contributed by atoms with Gasteiger partial charge in [0.15, 0.2) is 0 Å². The Morgan fingerprint density at radius 1 is 1.57 bits per heavy atom. The molecule has 0 atom stereocenters. The van der Waals surface area contributed by atoms with Crippen LogP contribution in [0.3, 0.4) is 0 Å². The SMILES string of the molecule is C/C=C\C=C(/C)S. The van der Waals surface area contributed by atoms with Crippen molar-refractivity contribution >= 4 is 12.6 Å². The van der Waals surface area contributed by atoms with Crippen molar-refractivity contribution in [2.45, 2.75) is 13.8 Å². The quantitative estimate of drug-likeness (QED) is 0.393. The Labute approximate surface area is 50.3 Å². The molecular weight excluding hydrogens is 104 g/mol. The highest BCUT2D eigenvalue weighted by atomic mass is 32.1. The first-order chi connectivity index (χ1) is 3.27. The van der Waals surface area contributed by atoms with Crippen LogP contribution in [0.15, 0.2) is 23.1 Å². The molecule has 0 aliphatic heterocycles. The zero-order valence-electron chi connectivity index (χ0n) is 4.68. The molecule has 0 aliphatic carbocycles. The lowest BCUT2D eigenvalue weighted by Gasteiger charge is -1.77. The van der Waals surface area contributed by atoms with E-state index >= 15 is 0 Å². The molecule has 0 radical (unpaired) electrons. The Bertz CT molecular complexity index is 86.4. The normalized spacial score (nSPS) is 13.3. The van der Waals surface area contributed by atoms with Gasteiger partial charge in [0.2, 0.25) is 0 Å². The second kappa shape index (κ2) is 4.00. The molecule has 0 amide bonds. The molecule has 0 aromatic rings. The first-order valence-electron chi connectivity index (χ1n) is 2.26. The van der Waals surface area contributed by atoms with E-state index < -0.39 is 0 Å². The largest absolute Gasteiger partial charge is 0.148 e. The van der Waals surface area contributed by atoms with Gasteiger partial charge in [-0.15, -0.1) is 12.6 Å². The highest BCUT2D eigenvalue weighted by Crippen LogP contribution is 1.95. The van der Waals surface area contributed by atoms with Gasteiger partial charge in [0.25, 0.3) is 0 Å². The molecule has 0 aromatic carbocycles. The minimum absolute atomic E-state index is 1.04. The van der Waals surface area contributed by atoms with Gasteiger partial charge in [-0.25, -0.2) is 0 Å². The average molecular weight is 114 g/mol. The van der Waals surface area contributed by atoms with E-state index in [9.17, 15) is 0 Å². The fraction of sp³-hybridized carbons (Fsp3) is 0.333. The summed E-state index contributed by atoms with van der Waals surface area (Å²) < 4.78 is 0. The van der Waals surface area contributed by atoms with Crippen molar-refractivity contribution in [3.05, 3.63) is 23.1 Å². The van der Waals surface area contributed by atoms with E-state index in [-0.39, 0.29) is 0 Å². The van der Waals surface area contributed by atoms with E-state index in [1.165, 1.54) is 0 Å². The maximum absolute atomic E-state index is 4.04. The van der Waals surface area contributed by atoms with Crippen LogP contribution >= 0.6 is 12.6 Å². The molecule has 0 spiro atoms. The zero-order chi connectivity index (χ0) is 5.70. The van der Waals surface area contributed by atoms with Crippen molar-refractivity contribution in [1.29, 1.82) is 0 Å². The molecule has 1 heteroatoms. The Hall–Kier alpha value is -0.170. The third-order valence-electron chi connectivity index (χ3n) is 0.530. The van der Waals surface area contributed by atoms with Crippen LogP contribution in [0.25, 0.3) is 0 Å². The van der Waals surface area contributed by atoms with Crippen molar-refractivity contribution in [3.8, 4) is 0 Å². The van der Waals surface area contributed by atoms with E-state index in [0.717, 1.165) is 4.91 Å². The van der Waals surface area contributed by atoms with Crippen molar-refractivity contribution < 1.29 is 0 Å². The van der Waals surface area contributed by atoms with Crippen LogP contribution in [0.4, 0.5) is 0 Å². The molecule has 0 saturated carbocycles. The van der Waals surface area contributed by atoms with E-state index in [1.807, 2.05) is 32.1 Å². The number of hydrogen-bond donors (Lipinski definition) is 1. The summed E-state index contributed by atoms with van der Waals surface area (Å²) in [5, 5.41) is 0. The van der Waals surface area contributed by atoms with Crippen LogP contribution < -0.4 is 0 Å². The van der Waals surface area contributed by atoms with Gasteiger partial charge >= 0.3 is 0 Å². The molecule has 0 unspecified atom stereocenters. The molecule has 40 valence electrons. The van der Waals surface area contributed by atoms with Crippen molar-refractivity contribution in [1.82, 2.24) is 0 Å². The lowest BCUT2D eigenvalue weighted by Crippen LogP contribution is -1.51. The molecule has 0 bridgehead atoms. The van der Waals surface area contributed by atoms with E-state index in [1.54, 1.807) is 0 Å². The summed E-state index contributed by atoms with van der Waals surface area (Å²) >= 11 is 4.04. The molecule has 0 heterocycles. The lowest BCUT2D eigenvalue weighted by atomic mass is 10.5. The molecular formula is C6H10S. The van der Waals surface area contributed by atoms with Crippen LogP contribution in [0.2, 0.25) is 0 Å². The van der Waals surface area contributed by atoms with Gasteiger partial charge < -0.3 is 0 Å². The number of hydrogen-bond acceptors (Lipinski definition) is 1. The van der Waals surface area contributed by atoms with Gasteiger partial charge in [-0.1, -0.05) is 18.2 Å². The minimum atomic E-state index is 1.04. The summed E-state index contributed by atoms with van der Waals surface area (Å²) in [6.45, 7) is 3.93. The topological polar surface area (TPSA) is 0 Å². The molecule has 0 fully saturated rings. The second-order valence-corrected chi connectivity index (χ2v) is 2.04. The fourth-order valence-electron chi connectivity index (χ4n) is 0.235. The van der Waals surface area contributed by atoms with Gasteiger partial charge in [-0.2, -0.15) is 0 Å². The monoisotopic (exact) mass is 114 g/mol. The zero-order valence-corrected chi connectivity index (χ0v) is 5.57. The summed E-state index contributed by atoms with van der Waals surface area (Å²) in [6.07, 6.45) is 5.88. The molecule has 0 N–H and O–H groups in total. The summed E-state index contributed by atoms with van der Waals surface area (Å²) in [7, 11) is 0. The summed E-state index contributed by atoms with van der Waals surface area (Å²) in [4.78, 5) is 1.04. The van der Waals surface area contributed by atoms with E-state index in [2.05, 4.69) is 12.6 Å². The van der Waals surface area contributed by atoms with Gasteiger partial charge in [-0.05, 0) is 18.8 Å². The Kier molecular flexibility index (Phi) is 3.90. The Morgan fingerprint density at radius 2 is 2.14 bits per heavy atom. The van der Waals surface area contributed by atoms with Crippen molar-refractivity contribution in [2.24, 2.45) is 0 Å². The summed E-state index contributed by atoms with van der Waals surface area (Å²) in [5.41, 5.74) is 0. The maximum Gasteiger partial charge on any atom is -0.0215 e. The minimum Gasteiger partial charge on any atom is -0.148 e. The summed E-state index contributed by atoms with van der Waals surface area (Å²) in [5.74, 6) is 0. The standard InChI is InChI=1S/C6H10S/c1-3-4-5-6(2)7/h3-5,7H,1-2H3/b4-3-,6-5+. The third kappa shape index (κ3) is 5.83. The van der Waals surface area contributed by atoms with Crippen molar-refractivity contribution in [2.75, 3.05) is 0 Å². The molecule has 0 saturated heterocycles. The van der Waals surface area contributed by atoms with Crippen molar-refractivity contribution in [3.63, 3.8) is 0 Å². The fourth-order valence-corrected chi connectivity index (χ4v) is 0.322. The van der Waals surface area contributed by atoms with Gasteiger partial charge in [0.05, 0.1) is 0 Å². The number of thiol groups is 1. The summed E-state index contributed by atoms with van der Waals surface area (Å²) in [6, 6.07) is 0. The maximum atomic E-state index is 4.04. The third-order valence-corrected chi connectivity index (χ3v) is 0.679. The second-order valence-electron chi connectivity index (χ2n) is 1.33. The van der Waals surface area contributed by atoms with Crippen LogP contribution in [0.1, 0.15) is 13.8 Å². The number of rotatable bonds is 1. The van der Waals surface area contributed by atoms with E-state index in [0.29, 0.717) is 0 Å². The van der Waals surface area contributed by atoms with Crippen LogP contribution in [-0.2, 0) is 0 Å². The van der Waals surface area contributed by atoms with Gasteiger partial charge in [0.1, 0.15) is 0 Å². The highest BCUT2D eigenvalue weighted by Gasteiger charge is 1.66. The van der Waals surface area contributed by atoms with Crippen LogP contribution in [-0.4, -0.2) is 0 Å². The molecule has 0 rings (SSSR count). The smallest absolute Gasteiger partial charge is 0.0215 e. The number of allylic oxidation sites excluding steroid dienone is 4. The van der Waals surface area contributed by atoms with Gasteiger partial charge in [0, 0.05) is 0 Å². The van der Waals surface area contributed by atoms with Gasteiger partial charge in [-0.3, -0.25) is 0 Å². The predicted octanol–water partition coefficient (Wildman–Crippen LogP) is 2.40. The average Bonchev–Trinajstić information content (AvgIpc) is 1.61. The van der Waals surface area contributed by atoms with E-state index in [4.69, 9.17) is 0 Å². The first kappa shape index (κ1) is 6.83. The molecule has 0 aromatic heterocycles. The lowest BCUT2D eigenvalue weighted by molar-refractivity contribution is 1.65. The Balaban J connectivity index is 3.46. The predicted molar refractivity (Wildman–Crippen MR) is 37.6 cm³/mol. The van der Waals surface area contributed by atoms with Crippen LogP contribution in [0, 0.1) is 0 Å².